The topological polar surface area (TPSA) is 107 Å². The molecule has 0 aromatic carbocycles. The third-order valence-electron chi connectivity index (χ3n) is 2.29. The molecule has 4 N–H and O–H groups in total. The van der Waals surface area contributed by atoms with E-state index in [1.165, 1.54) is 0 Å². The average Bonchev–Trinajstić information content (AvgIpc) is 2.39. The molecule has 0 saturated heterocycles. The quantitative estimate of drug-likeness (QED) is 0.307. The lowest BCUT2D eigenvalue weighted by atomic mass is 10.1. The average molecular weight is 277 g/mol. The van der Waals surface area contributed by atoms with Crippen LogP contribution in [0.4, 0.5) is 0 Å². The summed E-state index contributed by atoms with van der Waals surface area (Å²) >= 11 is 0. The van der Waals surface area contributed by atoms with Gasteiger partial charge < -0.3 is 25.4 Å². The molecule has 0 saturated carbocycles. The van der Waals surface area contributed by atoms with Gasteiger partial charge in [-0.3, -0.25) is 4.79 Å². The summed E-state index contributed by atoms with van der Waals surface area (Å²) in [5, 5.41) is 27.4. The predicted molar refractivity (Wildman–Crippen MR) is 73.1 cm³/mol. The lowest BCUT2D eigenvalue weighted by Crippen LogP contribution is -2.21. The molecule has 114 valence electrons. The van der Waals surface area contributed by atoms with Gasteiger partial charge in [-0.05, 0) is 12.8 Å². The number of carboxylic acid groups (broad SMARTS) is 1. The molecule has 0 bridgehead atoms. The second kappa shape index (κ2) is 19.4. The Balaban J connectivity index is 0. The van der Waals surface area contributed by atoms with Crippen molar-refractivity contribution in [2.24, 2.45) is 0 Å². The first-order valence-electron chi connectivity index (χ1n) is 6.76. The number of aldehydes is 1. The number of rotatable bonds is 12. The molecule has 0 aliphatic rings. The normalized spacial score (nSPS) is 9.58. The molecule has 0 aromatic rings. The number of carboxylic acids is 1. The maximum absolute atomic E-state index is 10.1. The van der Waals surface area contributed by atoms with E-state index in [1.54, 1.807) is 0 Å². The molecule has 0 aliphatic heterocycles. The van der Waals surface area contributed by atoms with Crippen LogP contribution in [0.5, 0.6) is 0 Å². The summed E-state index contributed by atoms with van der Waals surface area (Å²) in [6, 6.07) is 0. The predicted octanol–water partition coefficient (Wildman–Crippen LogP) is 0.561. The number of hydrogen-bond donors (Lipinski definition) is 4. The zero-order chi connectivity index (χ0) is 14.8. The molecule has 0 aliphatic carbocycles. The summed E-state index contributed by atoms with van der Waals surface area (Å²) < 4.78 is 0. The maximum atomic E-state index is 10.1. The molecular weight excluding hydrogens is 250 g/mol. The van der Waals surface area contributed by atoms with Crippen molar-refractivity contribution in [1.82, 2.24) is 5.32 Å². The van der Waals surface area contributed by atoms with Gasteiger partial charge in [0.15, 0.2) is 0 Å². The van der Waals surface area contributed by atoms with E-state index in [0.29, 0.717) is 19.5 Å². The molecule has 0 rings (SSSR count). The SMILES string of the molecule is O=CCCCCCCCC(=O)O.OCCNCCO. The third-order valence-corrected chi connectivity index (χ3v) is 2.29. The Morgan fingerprint density at radius 3 is 1.95 bits per heavy atom. The van der Waals surface area contributed by atoms with Gasteiger partial charge in [0, 0.05) is 25.9 Å². The van der Waals surface area contributed by atoms with E-state index in [4.69, 9.17) is 15.3 Å². The summed E-state index contributed by atoms with van der Waals surface area (Å²) in [7, 11) is 0. The summed E-state index contributed by atoms with van der Waals surface area (Å²) in [5.41, 5.74) is 0. The molecule has 0 spiro atoms. The minimum atomic E-state index is -0.720. The first-order valence-corrected chi connectivity index (χ1v) is 6.76. The van der Waals surface area contributed by atoms with Crippen LogP contribution in [-0.2, 0) is 9.59 Å². The lowest BCUT2D eigenvalue weighted by molar-refractivity contribution is -0.137. The van der Waals surface area contributed by atoms with Gasteiger partial charge in [0.05, 0.1) is 13.2 Å². The summed E-state index contributed by atoms with van der Waals surface area (Å²) in [5.74, 6) is -0.720. The molecule has 6 heteroatoms. The summed E-state index contributed by atoms with van der Waals surface area (Å²) in [6.45, 7) is 1.42. The fourth-order valence-corrected chi connectivity index (χ4v) is 1.32. The van der Waals surface area contributed by atoms with E-state index in [-0.39, 0.29) is 19.6 Å². The van der Waals surface area contributed by atoms with E-state index >= 15 is 0 Å². The largest absolute Gasteiger partial charge is 0.481 e. The maximum Gasteiger partial charge on any atom is 0.303 e. The van der Waals surface area contributed by atoms with Crippen LogP contribution in [0.2, 0.25) is 0 Å². The van der Waals surface area contributed by atoms with Crippen molar-refractivity contribution in [3.8, 4) is 0 Å². The Bertz CT molecular complexity index is 195. The summed E-state index contributed by atoms with van der Waals surface area (Å²) in [4.78, 5) is 20.0. The van der Waals surface area contributed by atoms with E-state index in [9.17, 15) is 9.59 Å². The molecule has 0 atom stereocenters. The van der Waals surface area contributed by atoms with Crippen molar-refractivity contribution in [3.63, 3.8) is 0 Å². The van der Waals surface area contributed by atoms with Gasteiger partial charge in [0.2, 0.25) is 0 Å². The highest BCUT2D eigenvalue weighted by Crippen LogP contribution is 2.05. The first kappa shape index (κ1) is 20.3. The van der Waals surface area contributed by atoms with Crippen molar-refractivity contribution in [2.75, 3.05) is 26.3 Å². The molecule has 0 amide bonds. The highest BCUT2D eigenvalue weighted by molar-refractivity contribution is 5.66. The number of aliphatic hydroxyl groups excluding tert-OH is 2. The number of hydrogen-bond acceptors (Lipinski definition) is 5. The van der Waals surface area contributed by atoms with E-state index in [0.717, 1.165) is 38.4 Å². The van der Waals surface area contributed by atoms with Crippen LogP contribution in [0, 0.1) is 0 Å². The van der Waals surface area contributed by atoms with Crippen molar-refractivity contribution >= 4 is 12.3 Å². The Kier molecular flexibility index (Phi) is 20.7. The minimum absolute atomic E-state index is 0.139. The van der Waals surface area contributed by atoms with Crippen LogP contribution < -0.4 is 5.32 Å². The van der Waals surface area contributed by atoms with Crippen LogP contribution in [0.1, 0.15) is 44.9 Å². The number of unbranched alkanes of at least 4 members (excludes halogenated alkanes) is 5. The van der Waals surface area contributed by atoms with Gasteiger partial charge in [0.25, 0.3) is 0 Å². The molecule has 0 radical (unpaired) electrons. The minimum Gasteiger partial charge on any atom is -0.481 e. The van der Waals surface area contributed by atoms with Crippen molar-refractivity contribution in [3.05, 3.63) is 0 Å². The van der Waals surface area contributed by atoms with E-state index in [2.05, 4.69) is 5.32 Å². The van der Waals surface area contributed by atoms with Crippen LogP contribution in [0.15, 0.2) is 0 Å². The fourth-order valence-electron chi connectivity index (χ4n) is 1.32. The van der Waals surface area contributed by atoms with Crippen LogP contribution in [0.25, 0.3) is 0 Å². The number of aliphatic carboxylic acids is 1. The summed E-state index contributed by atoms with van der Waals surface area (Å²) in [6.07, 6.45) is 6.58. The Labute approximate surface area is 114 Å². The number of aliphatic hydroxyl groups is 2. The highest BCUT2D eigenvalue weighted by Gasteiger charge is 1.95. The lowest BCUT2D eigenvalue weighted by Gasteiger charge is -1.96. The number of carbonyl (C=O) groups excluding carboxylic acids is 1. The van der Waals surface area contributed by atoms with Crippen molar-refractivity contribution in [1.29, 1.82) is 0 Å². The molecule has 6 nitrogen and oxygen atoms in total. The Hall–Kier alpha value is -0.980. The van der Waals surface area contributed by atoms with Crippen molar-refractivity contribution < 1.29 is 24.9 Å². The second-order valence-corrected chi connectivity index (χ2v) is 4.06. The van der Waals surface area contributed by atoms with Crippen LogP contribution >= 0.6 is 0 Å². The van der Waals surface area contributed by atoms with Gasteiger partial charge in [-0.1, -0.05) is 19.3 Å². The molecule has 19 heavy (non-hydrogen) atoms. The molecular formula is C13H27NO5. The van der Waals surface area contributed by atoms with Gasteiger partial charge in [-0.2, -0.15) is 0 Å². The van der Waals surface area contributed by atoms with E-state index in [1.807, 2.05) is 0 Å². The van der Waals surface area contributed by atoms with Gasteiger partial charge in [0.1, 0.15) is 6.29 Å². The molecule has 0 fully saturated rings. The molecule has 0 heterocycles. The standard InChI is InChI=1S/C9H16O3.C4H11NO2/c10-8-6-4-2-1-3-5-7-9(11)12;6-3-1-5-2-4-7/h8H,1-7H2,(H,11,12);5-7H,1-4H2. The van der Waals surface area contributed by atoms with E-state index < -0.39 is 5.97 Å². The Morgan fingerprint density at radius 2 is 1.47 bits per heavy atom. The highest BCUT2D eigenvalue weighted by atomic mass is 16.4. The second-order valence-electron chi connectivity index (χ2n) is 4.06. The molecule has 0 aromatic heterocycles. The monoisotopic (exact) mass is 277 g/mol. The van der Waals surface area contributed by atoms with Crippen molar-refractivity contribution in [2.45, 2.75) is 44.9 Å². The van der Waals surface area contributed by atoms with Gasteiger partial charge in [-0.15, -0.1) is 0 Å². The van der Waals surface area contributed by atoms with Crippen LogP contribution in [-0.4, -0.2) is 53.9 Å². The fraction of sp³-hybridized carbons (Fsp3) is 0.846. The first-order chi connectivity index (χ1) is 9.18. The third kappa shape index (κ3) is 26.6. The zero-order valence-electron chi connectivity index (χ0n) is 11.5. The zero-order valence-corrected chi connectivity index (χ0v) is 11.5. The smallest absolute Gasteiger partial charge is 0.303 e. The Morgan fingerprint density at radius 1 is 0.947 bits per heavy atom. The number of carbonyl (C=O) groups is 2. The number of nitrogens with one attached hydrogen (secondary N) is 1. The van der Waals surface area contributed by atoms with Gasteiger partial charge in [-0.25, -0.2) is 0 Å². The van der Waals surface area contributed by atoms with Crippen LogP contribution in [0.3, 0.4) is 0 Å². The molecule has 0 unspecified atom stereocenters. The van der Waals surface area contributed by atoms with Gasteiger partial charge >= 0.3 is 5.97 Å².